The van der Waals surface area contributed by atoms with Crippen LogP contribution in [0, 0.1) is 12.3 Å². The van der Waals surface area contributed by atoms with Gasteiger partial charge in [0.2, 0.25) is 0 Å². The second-order valence-electron chi connectivity index (χ2n) is 5.47. The number of alkyl halides is 1. The van der Waals surface area contributed by atoms with Crippen molar-refractivity contribution in [3.05, 3.63) is 27.7 Å². The molecular formula is C14H13Br2NO2. The van der Waals surface area contributed by atoms with E-state index in [4.69, 9.17) is 0 Å². The number of benzene rings is 1. The number of fused-ring (bicyclic) bond motifs is 1. The van der Waals surface area contributed by atoms with Crippen molar-refractivity contribution in [2.24, 2.45) is 5.41 Å². The molecule has 1 aromatic rings. The van der Waals surface area contributed by atoms with E-state index >= 15 is 0 Å². The third kappa shape index (κ3) is 2.07. The minimum atomic E-state index is -0.386. The standard InChI is InChI=1S/C14H13Br2NO2/c1-8-4-9(16)5-10-11(8)17(13(19)12(10)18)7-14(6-15)2-3-14/h4-5H,2-3,6-7H2,1H3. The van der Waals surface area contributed by atoms with Crippen molar-refractivity contribution in [2.75, 3.05) is 16.8 Å². The average molecular weight is 387 g/mol. The maximum Gasteiger partial charge on any atom is 0.299 e. The summed E-state index contributed by atoms with van der Waals surface area (Å²) >= 11 is 6.90. The van der Waals surface area contributed by atoms with Crippen molar-refractivity contribution in [3.8, 4) is 0 Å². The van der Waals surface area contributed by atoms with Crippen LogP contribution in [-0.2, 0) is 4.79 Å². The molecule has 0 spiro atoms. The number of hydrogen-bond donors (Lipinski definition) is 0. The first-order valence-electron chi connectivity index (χ1n) is 6.20. The molecule has 1 aliphatic heterocycles. The van der Waals surface area contributed by atoms with Gasteiger partial charge in [0, 0.05) is 16.3 Å². The number of rotatable bonds is 3. The number of halogens is 2. The first-order valence-corrected chi connectivity index (χ1v) is 8.11. The zero-order chi connectivity index (χ0) is 13.8. The lowest BCUT2D eigenvalue weighted by atomic mass is 10.1. The molecule has 3 rings (SSSR count). The number of carbonyl (C=O) groups is 2. The molecule has 0 saturated heterocycles. The third-order valence-electron chi connectivity index (χ3n) is 3.95. The highest BCUT2D eigenvalue weighted by molar-refractivity contribution is 9.10. The van der Waals surface area contributed by atoms with Gasteiger partial charge in [-0.1, -0.05) is 31.9 Å². The Morgan fingerprint density at radius 3 is 2.58 bits per heavy atom. The molecule has 1 aliphatic carbocycles. The first kappa shape index (κ1) is 13.3. The SMILES string of the molecule is Cc1cc(Br)cc2c1N(CC1(CBr)CC1)C(=O)C2=O. The summed E-state index contributed by atoms with van der Waals surface area (Å²) in [6.07, 6.45) is 2.22. The summed E-state index contributed by atoms with van der Waals surface area (Å²) in [6.45, 7) is 2.58. The highest BCUT2D eigenvalue weighted by atomic mass is 79.9. The van der Waals surface area contributed by atoms with E-state index in [-0.39, 0.29) is 17.1 Å². The lowest BCUT2D eigenvalue weighted by Gasteiger charge is -2.23. The molecule has 0 unspecified atom stereocenters. The van der Waals surface area contributed by atoms with E-state index < -0.39 is 0 Å². The number of aryl methyl sites for hydroxylation is 1. The molecule has 0 bridgehead atoms. The second-order valence-corrected chi connectivity index (χ2v) is 6.95. The number of amides is 1. The van der Waals surface area contributed by atoms with Crippen LogP contribution < -0.4 is 4.90 Å². The van der Waals surface area contributed by atoms with Gasteiger partial charge >= 0.3 is 0 Å². The van der Waals surface area contributed by atoms with Crippen molar-refractivity contribution in [2.45, 2.75) is 19.8 Å². The molecule has 2 aliphatic rings. The van der Waals surface area contributed by atoms with Gasteiger partial charge in [-0.2, -0.15) is 0 Å². The maximum atomic E-state index is 12.2. The number of ketones is 1. The molecule has 1 heterocycles. The second kappa shape index (κ2) is 4.42. The minimum Gasteiger partial charge on any atom is -0.304 e. The lowest BCUT2D eigenvalue weighted by Crippen LogP contribution is -2.36. The number of nitrogens with zero attached hydrogens (tertiary/aromatic N) is 1. The Kier molecular flexibility index (Phi) is 3.09. The average Bonchev–Trinajstić information content (AvgIpc) is 3.10. The van der Waals surface area contributed by atoms with Gasteiger partial charge in [0.05, 0.1) is 11.3 Å². The van der Waals surface area contributed by atoms with Crippen LogP contribution in [0.1, 0.15) is 28.8 Å². The quantitative estimate of drug-likeness (QED) is 0.589. The van der Waals surface area contributed by atoms with E-state index in [0.717, 1.165) is 33.9 Å². The van der Waals surface area contributed by atoms with Gasteiger partial charge in [0.15, 0.2) is 0 Å². The summed E-state index contributed by atoms with van der Waals surface area (Å²) in [7, 11) is 0. The predicted molar refractivity (Wildman–Crippen MR) is 81.0 cm³/mol. The Balaban J connectivity index is 2.04. The Morgan fingerprint density at radius 2 is 2.00 bits per heavy atom. The van der Waals surface area contributed by atoms with Crippen LogP contribution in [0.5, 0.6) is 0 Å². The Labute approximate surface area is 128 Å². The summed E-state index contributed by atoms with van der Waals surface area (Å²) in [5.41, 5.74) is 2.46. The summed E-state index contributed by atoms with van der Waals surface area (Å²) in [4.78, 5) is 25.9. The van der Waals surface area contributed by atoms with Crippen LogP contribution in [0.2, 0.25) is 0 Å². The molecule has 19 heavy (non-hydrogen) atoms. The molecule has 1 amide bonds. The van der Waals surface area contributed by atoms with E-state index in [0.29, 0.717) is 12.1 Å². The van der Waals surface area contributed by atoms with Crippen molar-refractivity contribution < 1.29 is 9.59 Å². The van der Waals surface area contributed by atoms with Gasteiger partial charge in [-0.25, -0.2) is 0 Å². The molecule has 0 N–H and O–H groups in total. The van der Waals surface area contributed by atoms with Crippen molar-refractivity contribution >= 4 is 49.2 Å². The molecular weight excluding hydrogens is 374 g/mol. The molecule has 1 fully saturated rings. The van der Waals surface area contributed by atoms with Crippen LogP contribution in [0.15, 0.2) is 16.6 Å². The fourth-order valence-corrected chi connectivity index (χ4v) is 3.91. The third-order valence-corrected chi connectivity index (χ3v) is 5.60. The van der Waals surface area contributed by atoms with Gasteiger partial charge < -0.3 is 4.90 Å². The van der Waals surface area contributed by atoms with E-state index in [1.807, 2.05) is 13.0 Å². The fourth-order valence-electron chi connectivity index (χ4n) is 2.60. The van der Waals surface area contributed by atoms with Gasteiger partial charge in [-0.15, -0.1) is 0 Å². The van der Waals surface area contributed by atoms with Crippen molar-refractivity contribution in [1.82, 2.24) is 0 Å². The monoisotopic (exact) mass is 385 g/mol. The number of hydrogen-bond acceptors (Lipinski definition) is 2. The van der Waals surface area contributed by atoms with Crippen LogP contribution >= 0.6 is 31.9 Å². The Morgan fingerprint density at radius 1 is 1.32 bits per heavy atom. The van der Waals surface area contributed by atoms with Gasteiger partial charge in [-0.05, 0) is 42.9 Å². The zero-order valence-corrected chi connectivity index (χ0v) is 13.7. The Hall–Kier alpha value is -0.680. The molecule has 0 atom stereocenters. The summed E-state index contributed by atoms with van der Waals surface area (Å²) in [5.74, 6) is -0.770. The molecule has 0 aromatic heterocycles. The maximum absolute atomic E-state index is 12.2. The fraction of sp³-hybridized carbons (Fsp3) is 0.429. The topological polar surface area (TPSA) is 37.4 Å². The highest BCUT2D eigenvalue weighted by Gasteiger charge is 2.47. The summed E-state index contributed by atoms with van der Waals surface area (Å²) in [5, 5.41) is 0.878. The summed E-state index contributed by atoms with van der Waals surface area (Å²) in [6, 6.07) is 3.70. The smallest absolute Gasteiger partial charge is 0.299 e. The van der Waals surface area contributed by atoms with Crippen LogP contribution in [-0.4, -0.2) is 23.6 Å². The molecule has 5 heteroatoms. The lowest BCUT2D eigenvalue weighted by molar-refractivity contribution is -0.114. The van der Waals surface area contributed by atoms with Crippen molar-refractivity contribution in [3.63, 3.8) is 0 Å². The largest absolute Gasteiger partial charge is 0.304 e. The van der Waals surface area contributed by atoms with Crippen molar-refractivity contribution in [1.29, 1.82) is 0 Å². The molecule has 1 aromatic carbocycles. The molecule has 100 valence electrons. The predicted octanol–water partition coefficient (Wildman–Crippen LogP) is 3.46. The highest BCUT2D eigenvalue weighted by Crippen LogP contribution is 2.49. The molecule has 3 nitrogen and oxygen atoms in total. The normalized spacial score (nSPS) is 19.8. The molecule has 1 saturated carbocycles. The number of carbonyl (C=O) groups excluding carboxylic acids is 2. The number of Topliss-reactive ketones (excluding diaryl/α,β-unsaturated/α-hetero) is 1. The van der Waals surface area contributed by atoms with Gasteiger partial charge in [0.1, 0.15) is 0 Å². The Bertz CT molecular complexity index is 593. The zero-order valence-electron chi connectivity index (χ0n) is 10.5. The first-order chi connectivity index (χ1) is 8.97. The summed E-state index contributed by atoms with van der Waals surface area (Å²) < 4.78 is 0.841. The van der Waals surface area contributed by atoms with Gasteiger partial charge in [0.25, 0.3) is 11.7 Å². The van der Waals surface area contributed by atoms with E-state index in [1.165, 1.54) is 0 Å². The minimum absolute atomic E-state index is 0.164. The van der Waals surface area contributed by atoms with Crippen LogP contribution in [0.3, 0.4) is 0 Å². The van der Waals surface area contributed by atoms with Crippen LogP contribution in [0.4, 0.5) is 5.69 Å². The number of anilines is 1. The van der Waals surface area contributed by atoms with Crippen LogP contribution in [0.25, 0.3) is 0 Å². The van der Waals surface area contributed by atoms with E-state index in [1.54, 1.807) is 11.0 Å². The van der Waals surface area contributed by atoms with E-state index in [9.17, 15) is 9.59 Å². The molecule has 0 radical (unpaired) electrons. The van der Waals surface area contributed by atoms with E-state index in [2.05, 4.69) is 31.9 Å². The van der Waals surface area contributed by atoms with Gasteiger partial charge in [-0.3, -0.25) is 9.59 Å².